The van der Waals surface area contributed by atoms with Crippen LogP contribution >= 0.6 is 24.0 Å². The van der Waals surface area contributed by atoms with Crippen LogP contribution in [0, 0.1) is 5.92 Å². The van der Waals surface area contributed by atoms with Gasteiger partial charge < -0.3 is 19.7 Å². The van der Waals surface area contributed by atoms with Crippen molar-refractivity contribution in [3.05, 3.63) is 0 Å². The molecule has 2 saturated heterocycles. The summed E-state index contributed by atoms with van der Waals surface area (Å²) in [5.74, 6) is 0.209. The first-order valence-electron chi connectivity index (χ1n) is 10.2. The van der Waals surface area contributed by atoms with Crippen LogP contribution in [-0.4, -0.2) is 83.5 Å². The van der Waals surface area contributed by atoms with E-state index in [-0.39, 0.29) is 54.3 Å². The molecule has 29 heavy (non-hydrogen) atoms. The van der Waals surface area contributed by atoms with E-state index in [9.17, 15) is 13.2 Å². The molecule has 2 atom stereocenters. The highest BCUT2D eigenvalue weighted by atomic mass is 127. The fourth-order valence-corrected chi connectivity index (χ4v) is 4.47. The zero-order valence-electron chi connectivity index (χ0n) is 17.4. The SMILES string of the molecule is CCOC(=O)C1CCCN(C(=NC)NCCS(=O)(=O)NCC2CCCCO2)C1.I. The van der Waals surface area contributed by atoms with E-state index in [4.69, 9.17) is 9.47 Å². The third-order valence-corrected chi connectivity index (χ3v) is 6.36. The lowest BCUT2D eigenvalue weighted by Crippen LogP contribution is -2.49. The number of esters is 1. The van der Waals surface area contributed by atoms with Crippen LogP contribution in [0.25, 0.3) is 0 Å². The predicted octanol–water partition coefficient (Wildman–Crippen LogP) is 0.943. The molecular weight excluding hydrogens is 511 g/mol. The molecular formula is C18H35IN4O5S. The molecule has 0 radical (unpaired) electrons. The average Bonchev–Trinajstić information content (AvgIpc) is 2.71. The highest BCUT2D eigenvalue weighted by Crippen LogP contribution is 2.18. The van der Waals surface area contributed by atoms with Gasteiger partial charge in [-0.05, 0) is 39.0 Å². The van der Waals surface area contributed by atoms with Gasteiger partial charge in [0.1, 0.15) is 0 Å². The molecule has 0 aromatic rings. The van der Waals surface area contributed by atoms with Gasteiger partial charge in [-0.1, -0.05) is 0 Å². The third kappa shape index (κ3) is 9.35. The molecule has 0 spiro atoms. The highest BCUT2D eigenvalue weighted by molar-refractivity contribution is 14.0. The first-order valence-corrected chi connectivity index (χ1v) is 11.8. The van der Waals surface area contributed by atoms with Gasteiger partial charge in [-0.2, -0.15) is 0 Å². The molecule has 2 N–H and O–H groups in total. The van der Waals surface area contributed by atoms with E-state index in [1.165, 1.54) is 0 Å². The van der Waals surface area contributed by atoms with Crippen molar-refractivity contribution < 1.29 is 22.7 Å². The van der Waals surface area contributed by atoms with Crippen LogP contribution in [0.5, 0.6) is 0 Å². The molecule has 2 unspecified atom stereocenters. The Bertz CT molecular complexity index is 626. The van der Waals surface area contributed by atoms with Gasteiger partial charge in [-0.3, -0.25) is 9.79 Å². The minimum atomic E-state index is -3.39. The minimum Gasteiger partial charge on any atom is -0.466 e. The van der Waals surface area contributed by atoms with Crippen LogP contribution in [0.2, 0.25) is 0 Å². The smallest absolute Gasteiger partial charge is 0.310 e. The number of hydrogen-bond acceptors (Lipinski definition) is 6. The van der Waals surface area contributed by atoms with Crippen molar-refractivity contribution in [3.8, 4) is 0 Å². The lowest BCUT2D eigenvalue weighted by Gasteiger charge is -2.33. The van der Waals surface area contributed by atoms with Gasteiger partial charge >= 0.3 is 5.97 Å². The summed E-state index contributed by atoms with van der Waals surface area (Å²) < 4.78 is 37.7. The molecule has 0 aliphatic carbocycles. The van der Waals surface area contributed by atoms with Gasteiger partial charge in [0.2, 0.25) is 10.0 Å². The summed E-state index contributed by atoms with van der Waals surface area (Å²) in [5, 5.41) is 3.10. The molecule has 2 fully saturated rings. The quantitative estimate of drug-likeness (QED) is 0.202. The number of nitrogens with zero attached hydrogens (tertiary/aromatic N) is 2. The Labute approximate surface area is 191 Å². The molecule has 0 saturated carbocycles. The molecule has 170 valence electrons. The van der Waals surface area contributed by atoms with E-state index < -0.39 is 10.0 Å². The molecule has 9 nitrogen and oxygen atoms in total. The number of carbonyl (C=O) groups is 1. The number of rotatable bonds is 8. The second-order valence-electron chi connectivity index (χ2n) is 7.17. The minimum absolute atomic E-state index is 0. The molecule has 2 heterocycles. The number of guanidine groups is 1. The summed E-state index contributed by atoms with van der Waals surface area (Å²) in [7, 11) is -1.73. The Morgan fingerprint density at radius 1 is 1.28 bits per heavy atom. The Kier molecular flexibility index (Phi) is 12.4. The summed E-state index contributed by atoms with van der Waals surface area (Å²) in [6.45, 7) is 4.75. The van der Waals surface area contributed by atoms with Gasteiger partial charge in [0.15, 0.2) is 5.96 Å². The van der Waals surface area contributed by atoms with E-state index in [1.807, 2.05) is 4.90 Å². The Balaban J connectivity index is 0.00000420. The molecule has 2 aliphatic rings. The summed E-state index contributed by atoms with van der Waals surface area (Å²) in [4.78, 5) is 18.2. The summed E-state index contributed by atoms with van der Waals surface area (Å²) in [6.07, 6.45) is 4.65. The van der Waals surface area contributed by atoms with Gasteiger partial charge in [-0.25, -0.2) is 13.1 Å². The lowest BCUT2D eigenvalue weighted by molar-refractivity contribution is -0.149. The van der Waals surface area contributed by atoms with Crippen molar-refractivity contribution in [2.24, 2.45) is 10.9 Å². The van der Waals surface area contributed by atoms with Gasteiger partial charge in [0.25, 0.3) is 0 Å². The normalized spacial score (nSPS) is 23.2. The standard InChI is InChI=1S/C18H34N4O5S.HI/c1-3-26-17(23)15-7-6-10-22(14-15)18(19-2)20-9-12-28(24,25)21-13-16-8-4-5-11-27-16;/h15-16,21H,3-14H2,1-2H3,(H,19,20);1H. The molecule has 0 aromatic heterocycles. The van der Waals surface area contributed by atoms with Crippen LogP contribution < -0.4 is 10.0 Å². The van der Waals surface area contributed by atoms with Crippen LogP contribution in [0.1, 0.15) is 39.0 Å². The van der Waals surface area contributed by atoms with E-state index in [1.54, 1.807) is 14.0 Å². The average molecular weight is 546 g/mol. The van der Waals surface area contributed by atoms with Crippen molar-refractivity contribution in [2.45, 2.75) is 45.1 Å². The first kappa shape index (κ1) is 26.4. The monoisotopic (exact) mass is 546 g/mol. The van der Waals surface area contributed by atoms with Gasteiger partial charge in [0.05, 0.1) is 24.4 Å². The molecule has 2 rings (SSSR count). The van der Waals surface area contributed by atoms with Gasteiger partial charge in [-0.15, -0.1) is 24.0 Å². The Morgan fingerprint density at radius 3 is 2.72 bits per heavy atom. The molecule has 0 aromatic carbocycles. The number of halogens is 1. The second kappa shape index (κ2) is 13.6. The Morgan fingerprint density at radius 2 is 2.07 bits per heavy atom. The number of hydrogen-bond donors (Lipinski definition) is 2. The van der Waals surface area contributed by atoms with Gasteiger partial charge in [0, 0.05) is 39.8 Å². The lowest BCUT2D eigenvalue weighted by atomic mass is 9.98. The van der Waals surface area contributed by atoms with Crippen molar-refractivity contribution in [2.75, 3.05) is 52.2 Å². The second-order valence-corrected chi connectivity index (χ2v) is 9.09. The molecule has 2 aliphatic heterocycles. The zero-order valence-corrected chi connectivity index (χ0v) is 20.5. The van der Waals surface area contributed by atoms with Crippen molar-refractivity contribution in [1.29, 1.82) is 0 Å². The molecule has 0 bridgehead atoms. The van der Waals surface area contributed by atoms with Crippen molar-refractivity contribution in [3.63, 3.8) is 0 Å². The number of sulfonamides is 1. The molecule has 0 amide bonds. The topological polar surface area (TPSA) is 109 Å². The summed E-state index contributed by atoms with van der Waals surface area (Å²) >= 11 is 0. The fraction of sp³-hybridized carbons (Fsp3) is 0.889. The maximum atomic E-state index is 12.2. The predicted molar refractivity (Wildman–Crippen MR) is 123 cm³/mol. The largest absolute Gasteiger partial charge is 0.466 e. The number of carbonyl (C=O) groups excluding carboxylic acids is 1. The number of piperidine rings is 1. The number of likely N-dealkylation sites (tertiary alicyclic amines) is 1. The highest BCUT2D eigenvalue weighted by Gasteiger charge is 2.28. The maximum Gasteiger partial charge on any atom is 0.310 e. The van der Waals surface area contributed by atoms with E-state index >= 15 is 0 Å². The number of ether oxygens (including phenoxy) is 2. The Hall–Kier alpha value is -0.660. The fourth-order valence-electron chi connectivity index (χ4n) is 3.51. The van der Waals surface area contributed by atoms with E-state index in [0.29, 0.717) is 32.3 Å². The van der Waals surface area contributed by atoms with E-state index in [2.05, 4.69) is 15.0 Å². The third-order valence-electron chi connectivity index (χ3n) is 5.01. The summed E-state index contributed by atoms with van der Waals surface area (Å²) in [6, 6.07) is 0. The maximum absolute atomic E-state index is 12.2. The van der Waals surface area contributed by atoms with Crippen LogP contribution in [-0.2, 0) is 24.3 Å². The van der Waals surface area contributed by atoms with Crippen LogP contribution in [0.4, 0.5) is 0 Å². The number of nitrogens with one attached hydrogen (secondary N) is 2. The summed E-state index contributed by atoms with van der Waals surface area (Å²) in [5.41, 5.74) is 0. The van der Waals surface area contributed by atoms with Crippen molar-refractivity contribution in [1.82, 2.24) is 14.9 Å². The van der Waals surface area contributed by atoms with Crippen molar-refractivity contribution >= 4 is 45.9 Å². The number of aliphatic imine (C=N–C) groups is 1. The first-order chi connectivity index (χ1) is 13.4. The molecule has 11 heteroatoms. The van der Waals surface area contributed by atoms with E-state index in [0.717, 1.165) is 38.6 Å². The van der Waals surface area contributed by atoms with Crippen LogP contribution in [0.15, 0.2) is 4.99 Å². The zero-order chi connectivity index (χ0) is 20.4. The van der Waals surface area contributed by atoms with Crippen LogP contribution in [0.3, 0.4) is 0 Å².